The molecule has 1 saturated heterocycles. The summed E-state index contributed by atoms with van der Waals surface area (Å²) in [6, 6.07) is 0. The Bertz CT molecular complexity index is 38.8. The largest absolute Gasteiger partial charge is 0.150 e. The molecule has 0 bridgehead atoms. The monoisotopic (exact) mass is 119 g/mol. The Morgan fingerprint density at radius 3 is 2.67 bits per heavy atom. The zero-order valence-corrected chi connectivity index (χ0v) is 5.15. The zero-order chi connectivity index (χ0) is 4.41. The molecule has 0 aliphatic carbocycles. The topological polar surface area (TPSA) is 0 Å². The van der Waals surface area contributed by atoms with Gasteiger partial charge < -0.3 is 0 Å². The van der Waals surface area contributed by atoms with Gasteiger partial charge in [0.2, 0.25) is 0 Å². The van der Waals surface area contributed by atoms with E-state index in [1.54, 1.807) is 0 Å². The molecule has 1 rings (SSSR count). The van der Waals surface area contributed by atoms with E-state index in [1.807, 2.05) is 23.5 Å². The number of hydrogen-bond donors (Lipinski definition) is 0. The highest BCUT2D eigenvalue weighted by atomic mass is 32.2. The Balaban J connectivity index is 2.18. The fraction of sp³-hybridized carbons (Fsp3) is 0.750. The molecule has 1 aliphatic rings. The van der Waals surface area contributed by atoms with E-state index in [0.29, 0.717) is 5.25 Å². The molecule has 1 unspecified atom stereocenters. The van der Waals surface area contributed by atoms with Gasteiger partial charge in [0.1, 0.15) is 0 Å². The summed E-state index contributed by atoms with van der Waals surface area (Å²) in [5.41, 5.74) is 0. The average molecular weight is 119 g/mol. The van der Waals surface area contributed by atoms with E-state index >= 15 is 0 Å². The lowest BCUT2D eigenvalue weighted by Gasteiger charge is -1.89. The lowest BCUT2D eigenvalue weighted by atomic mass is 10.6. The maximum absolute atomic E-state index is 3.88. The molecule has 1 aliphatic heterocycles. The minimum absolute atomic E-state index is 0.676. The standard InChI is InChI=1S/C4H7S2/c1-4-2-5-3-6-4/h4H,1-3H2. The first kappa shape index (κ1) is 4.85. The van der Waals surface area contributed by atoms with Crippen molar-refractivity contribution in [1.29, 1.82) is 0 Å². The molecular weight excluding hydrogens is 112 g/mol. The van der Waals surface area contributed by atoms with Crippen LogP contribution in [0.1, 0.15) is 0 Å². The van der Waals surface area contributed by atoms with Gasteiger partial charge in [-0.05, 0) is 6.92 Å². The van der Waals surface area contributed by atoms with Gasteiger partial charge in [-0.2, -0.15) is 0 Å². The van der Waals surface area contributed by atoms with Crippen LogP contribution in [0.3, 0.4) is 0 Å². The second kappa shape index (κ2) is 2.12. The van der Waals surface area contributed by atoms with Crippen LogP contribution in [0.4, 0.5) is 0 Å². The van der Waals surface area contributed by atoms with Gasteiger partial charge in [-0.25, -0.2) is 0 Å². The second-order valence-electron chi connectivity index (χ2n) is 1.28. The Morgan fingerprint density at radius 1 is 1.67 bits per heavy atom. The van der Waals surface area contributed by atoms with Crippen LogP contribution < -0.4 is 0 Å². The molecule has 0 aromatic rings. The van der Waals surface area contributed by atoms with Crippen LogP contribution in [0.2, 0.25) is 0 Å². The van der Waals surface area contributed by atoms with Crippen molar-refractivity contribution >= 4 is 23.5 Å². The van der Waals surface area contributed by atoms with E-state index in [4.69, 9.17) is 0 Å². The van der Waals surface area contributed by atoms with Crippen LogP contribution in [-0.4, -0.2) is 16.1 Å². The Labute approximate surface area is 47.1 Å². The van der Waals surface area contributed by atoms with Crippen molar-refractivity contribution in [1.82, 2.24) is 0 Å². The Morgan fingerprint density at radius 2 is 2.50 bits per heavy atom. The number of rotatable bonds is 0. The maximum atomic E-state index is 3.88. The predicted octanol–water partition coefficient (Wildman–Crippen LogP) is 1.63. The highest BCUT2D eigenvalue weighted by Crippen LogP contribution is 2.27. The molecule has 0 aromatic heterocycles. The smallest absolute Gasteiger partial charge is 0.0395 e. The van der Waals surface area contributed by atoms with Crippen LogP contribution in [-0.2, 0) is 0 Å². The van der Waals surface area contributed by atoms with E-state index in [2.05, 4.69) is 6.92 Å². The van der Waals surface area contributed by atoms with Crippen LogP contribution >= 0.6 is 23.5 Å². The van der Waals surface area contributed by atoms with Crippen molar-refractivity contribution in [3.05, 3.63) is 6.92 Å². The highest BCUT2D eigenvalue weighted by molar-refractivity contribution is 8.19. The van der Waals surface area contributed by atoms with E-state index in [1.165, 1.54) is 10.8 Å². The molecule has 1 atom stereocenters. The molecule has 0 nitrogen and oxygen atoms in total. The molecular formula is C4H7S2. The maximum Gasteiger partial charge on any atom is 0.0395 e. The van der Waals surface area contributed by atoms with Crippen molar-refractivity contribution in [3.63, 3.8) is 0 Å². The molecule has 1 radical (unpaired) electrons. The summed E-state index contributed by atoms with van der Waals surface area (Å²) in [6.07, 6.45) is 0. The van der Waals surface area contributed by atoms with Crippen molar-refractivity contribution in [2.45, 2.75) is 5.25 Å². The molecule has 0 N–H and O–H groups in total. The van der Waals surface area contributed by atoms with Crippen molar-refractivity contribution < 1.29 is 0 Å². The van der Waals surface area contributed by atoms with Gasteiger partial charge >= 0.3 is 0 Å². The average Bonchev–Trinajstić information content (AvgIpc) is 1.86. The zero-order valence-electron chi connectivity index (χ0n) is 3.52. The highest BCUT2D eigenvalue weighted by Gasteiger charge is 2.08. The summed E-state index contributed by atoms with van der Waals surface area (Å²) in [5.74, 6) is 1.25. The first-order valence-electron chi connectivity index (χ1n) is 1.92. The Kier molecular flexibility index (Phi) is 1.72. The first-order chi connectivity index (χ1) is 2.89. The molecule has 1 heterocycles. The van der Waals surface area contributed by atoms with Crippen LogP contribution in [0.25, 0.3) is 0 Å². The third-order valence-corrected chi connectivity index (χ3v) is 3.39. The van der Waals surface area contributed by atoms with Crippen LogP contribution in [0.15, 0.2) is 0 Å². The summed E-state index contributed by atoms with van der Waals surface area (Å²) >= 11 is 3.93. The number of thioether (sulfide) groups is 2. The van der Waals surface area contributed by atoms with E-state index in [0.717, 1.165) is 0 Å². The van der Waals surface area contributed by atoms with Gasteiger partial charge in [-0.15, -0.1) is 23.5 Å². The normalized spacial score (nSPS) is 34.5. The minimum atomic E-state index is 0.676. The summed E-state index contributed by atoms with van der Waals surface area (Å²) in [6.45, 7) is 3.88. The van der Waals surface area contributed by atoms with Crippen molar-refractivity contribution in [3.8, 4) is 0 Å². The molecule has 0 aromatic carbocycles. The minimum Gasteiger partial charge on any atom is -0.150 e. The van der Waals surface area contributed by atoms with Crippen LogP contribution in [0, 0.1) is 6.92 Å². The van der Waals surface area contributed by atoms with E-state index in [-0.39, 0.29) is 0 Å². The summed E-state index contributed by atoms with van der Waals surface area (Å²) in [7, 11) is 0. The lowest BCUT2D eigenvalue weighted by Crippen LogP contribution is -1.89. The third kappa shape index (κ3) is 1.09. The summed E-state index contributed by atoms with van der Waals surface area (Å²) in [4.78, 5) is 0. The SMILES string of the molecule is [CH2]C1CSCS1. The third-order valence-electron chi connectivity index (χ3n) is 0.691. The van der Waals surface area contributed by atoms with Crippen molar-refractivity contribution in [2.24, 2.45) is 0 Å². The van der Waals surface area contributed by atoms with Gasteiger partial charge in [0.05, 0.1) is 0 Å². The van der Waals surface area contributed by atoms with Crippen LogP contribution in [0.5, 0.6) is 0 Å². The fourth-order valence-corrected chi connectivity index (χ4v) is 2.85. The van der Waals surface area contributed by atoms with Gasteiger partial charge in [0.15, 0.2) is 0 Å². The second-order valence-corrected chi connectivity index (χ2v) is 3.96. The fourth-order valence-electron chi connectivity index (χ4n) is 0.372. The number of hydrogen-bond acceptors (Lipinski definition) is 2. The molecule has 6 heavy (non-hydrogen) atoms. The molecule has 0 amide bonds. The van der Waals surface area contributed by atoms with Gasteiger partial charge in [0, 0.05) is 16.1 Å². The lowest BCUT2D eigenvalue weighted by molar-refractivity contribution is 1.29. The summed E-state index contributed by atoms with van der Waals surface area (Å²) in [5, 5.41) is 1.93. The van der Waals surface area contributed by atoms with E-state index in [9.17, 15) is 0 Å². The van der Waals surface area contributed by atoms with Crippen molar-refractivity contribution in [2.75, 3.05) is 10.8 Å². The predicted molar refractivity (Wildman–Crippen MR) is 34.1 cm³/mol. The molecule has 0 saturated carbocycles. The summed E-state index contributed by atoms with van der Waals surface area (Å²) < 4.78 is 0. The van der Waals surface area contributed by atoms with Gasteiger partial charge in [0.25, 0.3) is 0 Å². The molecule has 35 valence electrons. The molecule has 2 heteroatoms. The first-order valence-corrected chi connectivity index (χ1v) is 4.12. The molecule has 1 fully saturated rings. The van der Waals surface area contributed by atoms with E-state index < -0.39 is 0 Å². The quantitative estimate of drug-likeness (QED) is 0.475. The van der Waals surface area contributed by atoms with Gasteiger partial charge in [-0.3, -0.25) is 0 Å². The Hall–Kier alpha value is 0.700. The molecule has 0 spiro atoms. The van der Waals surface area contributed by atoms with Gasteiger partial charge in [-0.1, -0.05) is 0 Å².